The summed E-state index contributed by atoms with van der Waals surface area (Å²) in [5, 5.41) is 3.22. The summed E-state index contributed by atoms with van der Waals surface area (Å²) < 4.78 is 0. The Morgan fingerprint density at radius 3 is 3.00 bits per heavy atom. The first-order valence-electron chi connectivity index (χ1n) is 6.16. The molecule has 0 bridgehead atoms. The van der Waals surface area contributed by atoms with Gasteiger partial charge in [0.1, 0.15) is 0 Å². The fourth-order valence-electron chi connectivity index (χ4n) is 2.60. The zero-order chi connectivity index (χ0) is 11.5. The number of hydrogen-bond donors (Lipinski definition) is 1. The molecule has 2 rings (SSSR count). The van der Waals surface area contributed by atoms with Crippen LogP contribution in [-0.2, 0) is 6.42 Å². The molecule has 0 fully saturated rings. The third-order valence-corrected chi connectivity index (χ3v) is 3.59. The number of fused-ring (bicyclic) bond motifs is 1. The van der Waals surface area contributed by atoms with Gasteiger partial charge in [0.15, 0.2) is 0 Å². The van der Waals surface area contributed by atoms with Gasteiger partial charge in [0.25, 0.3) is 0 Å². The van der Waals surface area contributed by atoms with E-state index >= 15 is 0 Å². The lowest BCUT2D eigenvalue weighted by molar-refractivity contribution is 0.246. The van der Waals surface area contributed by atoms with E-state index in [0.717, 1.165) is 13.1 Å². The Morgan fingerprint density at radius 2 is 2.25 bits per heavy atom. The van der Waals surface area contributed by atoms with Crippen molar-refractivity contribution in [2.24, 2.45) is 0 Å². The van der Waals surface area contributed by atoms with E-state index in [-0.39, 0.29) is 0 Å². The molecule has 1 unspecified atom stereocenters. The van der Waals surface area contributed by atoms with Crippen molar-refractivity contribution in [3.63, 3.8) is 0 Å². The lowest BCUT2D eigenvalue weighted by Gasteiger charge is -2.25. The molecule has 0 aliphatic heterocycles. The van der Waals surface area contributed by atoms with Gasteiger partial charge in [-0.15, -0.1) is 0 Å². The molecule has 1 aromatic carbocycles. The summed E-state index contributed by atoms with van der Waals surface area (Å²) in [5.41, 5.74) is 4.48. The highest BCUT2D eigenvalue weighted by molar-refractivity contribution is 5.37. The normalized spacial score (nSPS) is 19.1. The number of benzene rings is 1. The van der Waals surface area contributed by atoms with Crippen LogP contribution in [0.1, 0.15) is 29.2 Å². The van der Waals surface area contributed by atoms with Gasteiger partial charge in [-0.25, -0.2) is 0 Å². The number of rotatable bonds is 4. The molecule has 1 aliphatic rings. The van der Waals surface area contributed by atoms with E-state index in [1.165, 1.54) is 18.4 Å². The van der Waals surface area contributed by atoms with Gasteiger partial charge in [-0.05, 0) is 45.0 Å². The molecular formula is C14H22N2. The first-order chi connectivity index (χ1) is 7.72. The van der Waals surface area contributed by atoms with Crippen LogP contribution in [0.3, 0.4) is 0 Å². The maximum absolute atomic E-state index is 3.22. The molecule has 0 saturated carbocycles. The van der Waals surface area contributed by atoms with Crippen molar-refractivity contribution in [3.8, 4) is 0 Å². The SMILES string of the molecule is CNCCN(C)C1CCc2ccc(C)cc21. The second-order valence-electron chi connectivity index (χ2n) is 4.84. The predicted octanol–water partition coefficient (Wildman–Crippen LogP) is 2.13. The number of nitrogens with zero attached hydrogens (tertiary/aromatic N) is 1. The molecule has 2 heteroatoms. The van der Waals surface area contributed by atoms with Crippen molar-refractivity contribution in [3.05, 3.63) is 34.9 Å². The molecule has 0 radical (unpaired) electrons. The molecule has 1 aliphatic carbocycles. The van der Waals surface area contributed by atoms with Gasteiger partial charge >= 0.3 is 0 Å². The van der Waals surface area contributed by atoms with E-state index in [0.29, 0.717) is 6.04 Å². The maximum atomic E-state index is 3.22. The zero-order valence-corrected chi connectivity index (χ0v) is 10.6. The van der Waals surface area contributed by atoms with Crippen LogP contribution in [0.5, 0.6) is 0 Å². The highest BCUT2D eigenvalue weighted by Crippen LogP contribution is 2.35. The molecule has 1 atom stereocenters. The van der Waals surface area contributed by atoms with Crippen molar-refractivity contribution >= 4 is 0 Å². The summed E-state index contributed by atoms with van der Waals surface area (Å²) in [5.74, 6) is 0. The smallest absolute Gasteiger partial charge is 0.0351 e. The Bertz CT molecular complexity index is 360. The average Bonchev–Trinajstić information content (AvgIpc) is 2.68. The molecule has 0 spiro atoms. The van der Waals surface area contributed by atoms with Gasteiger partial charge < -0.3 is 5.32 Å². The Hall–Kier alpha value is -0.860. The molecule has 0 aromatic heterocycles. The fourth-order valence-corrected chi connectivity index (χ4v) is 2.60. The van der Waals surface area contributed by atoms with Crippen LogP contribution < -0.4 is 5.32 Å². The van der Waals surface area contributed by atoms with Crippen molar-refractivity contribution in [1.29, 1.82) is 0 Å². The van der Waals surface area contributed by atoms with E-state index < -0.39 is 0 Å². The molecule has 0 saturated heterocycles. The largest absolute Gasteiger partial charge is 0.318 e. The molecule has 1 aromatic rings. The first kappa shape index (κ1) is 11.6. The van der Waals surface area contributed by atoms with Crippen LogP contribution in [0, 0.1) is 6.92 Å². The van der Waals surface area contributed by atoms with Crippen molar-refractivity contribution in [2.75, 3.05) is 27.2 Å². The van der Waals surface area contributed by atoms with Gasteiger partial charge in [-0.2, -0.15) is 0 Å². The zero-order valence-electron chi connectivity index (χ0n) is 10.6. The number of hydrogen-bond acceptors (Lipinski definition) is 2. The van der Waals surface area contributed by atoms with E-state index in [1.807, 2.05) is 7.05 Å². The van der Waals surface area contributed by atoms with E-state index in [2.05, 4.69) is 42.4 Å². The molecule has 2 nitrogen and oxygen atoms in total. The van der Waals surface area contributed by atoms with Crippen LogP contribution in [0.15, 0.2) is 18.2 Å². The van der Waals surface area contributed by atoms with E-state index in [4.69, 9.17) is 0 Å². The number of likely N-dealkylation sites (N-methyl/N-ethyl adjacent to an activating group) is 2. The second-order valence-corrected chi connectivity index (χ2v) is 4.84. The quantitative estimate of drug-likeness (QED) is 0.833. The van der Waals surface area contributed by atoms with Gasteiger partial charge in [0.05, 0.1) is 0 Å². The molecule has 0 amide bonds. The molecule has 88 valence electrons. The first-order valence-corrected chi connectivity index (χ1v) is 6.16. The Kier molecular flexibility index (Phi) is 3.62. The highest BCUT2D eigenvalue weighted by Gasteiger charge is 2.25. The summed E-state index contributed by atoms with van der Waals surface area (Å²) in [6.45, 7) is 4.37. The Morgan fingerprint density at radius 1 is 1.44 bits per heavy atom. The van der Waals surface area contributed by atoms with Crippen LogP contribution in [-0.4, -0.2) is 32.1 Å². The summed E-state index contributed by atoms with van der Waals surface area (Å²) in [6, 6.07) is 7.53. The minimum Gasteiger partial charge on any atom is -0.318 e. The summed E-state index contributed by atoms with van der Waals surface area (Å²) >= 11 is 0. The Labute approximate surface area is 98.7 Å². The minimum atomic E-state index is 0.628. The van der Waals surface area contributed by atoms with Gasteiger partial charge in [-0.3, -0.25) is 4.90 Å². The lowest BCUT2D eigenvalue weighted by Crippen LogP contribution is -2.30. The van der Waals surface area contributed by atoms with Gasteiger partial charge in [0.2, 0.25) is 0 Å². The number of aryl methyl sites for hydroxylation is 2. The van der Waals surface area contributed by atoms with Gasteiger partial charge in [-0.1, -0.05) is 23.8 Å². The molecule has 1 N–H and O–H groups in total. The Balaban J connectivity index is 2.12. The van der Waals surface area contributed by atoms with Crippen molar-refractivity contribution in [1.82, 2.24) is 10.2 Å². The third kappa shape index (κ3) is 2.28. The van der Waals surface area contributed by atoms with Crippen LogP contribution in [0.2, 0.25) is 0 Å². The summed E-state index contributed by atoms with van der Waals surface area (Å²) in [6.07, 6.45) is 2.52. The summed E-state index contributed by atoms with van der Waals surface area (Å²) in [7, 11) is 4.25. The summed E-state index contributed by atoms with van der Waals surface area (Å²) in [4.78, 5) is 2.47. The molecule has 16 heavy (non-hydrogen) atoms. The average molecular weight is 218 g/mol. The highest BCUT2D eigenvalue weighted by atomic mass is 15.1. The third-order valence-electron chi connectivity index (χ3n) is 3.59. The topological polar surface area (TPSA) is 15.3 Å². The van der Waals surface area contributed by atoms with Gasteiger partial charge in [0, 0.05) is 19.1 Å². The fraction of sp³-hybridized carbons (Fsp3) is 0.571. The standard InChI is InChI=1S/C14H22N2/c1-11-4-5-12-6-7-14(13(12)10-11)16(3)9-8-15-2/h4-5,10,14-15H,6-9H2,1-3H3. The van der Waals surface area contributed by atoms with Crippen LogP contribution in [0.25, 0.3) is 0 Å². The molecular weight excluding hydrogens is 196 g/mol. The monoisotopic (exact) mass is 218 g/mol. The van der Waals surface area contributed by atoms with Crippen molar-refractivity contribution < 1.29 is 0 Å². The van der Waals surface area contributed by atoms with Crippen LogP contribution >= 0.6 is 0 Å². The minimum absolute atomic E-state index is 0.628. The predicted molar refractivity (Wildman–Crippen MR) is 68.8 cm³/mol. The molecule has 0 heterocycles. The lowest BCUT2D eigenvalue weighted by atomic mass is 10.0. The van der Waals surface area contributed by atoms with Crippen molar-refractivity contribution in [2.45, 2.75) is 25.8 Å². The second kappa shape index (κ2) is 4.98. The van der Waals surface area contributed by atoms with Crippen LogP contribution in [0.4, 0.5) is 0 Å². The number of nitrogens with one attached hydrogen (secondary N) is 1. The van der Waals surface area contributed by atoms with E-state index in [1.54, 1.807) is 11.1 Å². The van der Waals surface area contributed by atoms with E-state index in [9.17, 15) is 0 Å². The maximum Gasteiger partial charge on any atom is 0.0351 e.